The Labute approximate surface area is 120 Å². The fourth-order valence-corrected chi connectivity index (χ4v) is 2.00. The molecule has 5 nitrogen and oxygen atoms in total. The number of aliphatic hydroxyl groups excluding tert-OH is 1. The van der Waals surface area contributed by atoms with Crippen LogP contribution in [-0.2, 0) is 0 Å². The minimum Gasteiger partial charge on any atom is -0.494 e. The second-order valence-corrected chi connectivity index (χ2v) is 5.01. The summed E-state index contributed by atoms with van der Waals surface area (Å²) >= 11 is 0. The van der Waals surface area contributed by atoms with Crippen molar-refractivity contribution in [3.05, 3.63) is 24.3 Å². The molecule has 1 atom stereocenters. The Morgan fingerprint density at radius 2 is 2.15 bits per heavy atom. The maximum atomic E-state index is 12.0. The monoisotopic (exact) mass is 280 g/mol. The van der Waals surface area contributed by atoms with Crippen molar-refractivity contribution in [2.45, 2.75) is 39.2 Å². The van der Waals surface area contributed by atoms with Crippen molar-refractivity contribution in [1.82, 2.24) is 5.32 Å². The molecule has 0 radical (unpaired) electrons. The zero-order valence-electron chi connectivity index (χ0n) is 12.4. The minimum absolute atomic E-state index is 0.0900. The van der Waals surface area contributed by atoms with Gasteiger partial charge in [0.25, 0.3) is 0 Å². The molecule has 1 unspecified atom stereocenters. The zero-order chi connectivity index (χ0) is 15.0. The summed E-state index contributed by atoms with van der Waals surface area (Å²) in [5.74, 6) is 0.712. The third-order valence-corrected chi connectivity index (χ3v) is 2.97. The van der Waals surface area contributed by atoms with Crippen LogP contribution in [0, 0.1) is 0 Å². The van der Waals surface area contributed by atoms with Gasteiger partial charge >= 0.3 is 6.03 Å². The highest BCUT2D eigenvalue weighted by atomic mass is 16.5. The molecule has 0 heterocycles. The molecule has 0 aliphatic carbocycles. The van der Waals surface area contributed by atoms with Crippen molar-refractivity contribution >= 4 is 11.7 Å². The molecule has 0 fully saturated rings. The Bertz CT molecular complexity index is 437. The number of benzene rings is 1. The van der Waals surface area contributed by atoms with Gasteiger partial charge in [-0.25, -0.2) is 4.79 Å². The van der Waals surface area contributed by atoms with Gasteiger partial charge in [0.1, 0.15) is 5.75 Å². The molecule has 2 amide bonds. The van der Waals surface area contributed by atoms with Crippen LogP contribution in [0.3, 0.4) is 0 Å². The van der Waals surface area contributed by atoms with Gasteiger partial charge in [-0.05, 0) is 32.4 Å². The van der Waals surface area contributed by atoms with Crippen LogP contribution < -0.4 is 15.4 Å². The summed E-state index contributed by atoms with van der Waals surface area (Å²) in [4.78, 5) is 12.0. The second-order valence-electron chi connectivity index (χ2n) is 5.01. The number of urea groups is 1. The van der Waals surface area contributed by atoms with Crippen molar-refractivity contribution in [3.63, 3.8) is 0 Å². The topological polar surface area (TPSA) is 70.6 Å². The van der Waals surface area contributed by atoms with Gasteiger partial charge in [-0.2, -0.15) is 0 Å². The van der Waals surface area contributed by atoms with E-state index in [4.69, 9.17) is 4.74 Å². The first-order valence-corrected chi connectivity index (χ1v) is 6.96. The predicted molar refractivity (Wildman–Crippen MR) is 80.2 cm³/mol. The molecule has 0 aliphatic heterocycles. The third kappa shape index (κ3) is 5.09. The van der Waals surface area contributed by atoms with Gasteiger partial charge < -0.3 is 20.5 Å². The number of hydrogen-bond acceptors (Lipinski definition) is 3. The third-order valence-electron chi connectivity index (χ3n) is 2.97. The first kappa shape index (κ1) is 16.3. The number of aliphatic hydroxyl groups is 1. The highest BCUT2D eigenvalue weighted by Gasteiger charge is 2.24. The van der Waals surface area contributed by atoms with Crippen LogP contribution in [0.15, 0.2) is 24.3 Å². The summed E-state index contributed by atoms with van der Waals surface area (Å²) < 4.78 is 5.38. The molecule has 0 aliphatic rings. The summed E-state index contributed by atoms with van der Waals surface area (Å²) in [6.45, 7) is 6.23. The van der Waals surface area contributed by atoms with Crippen LogP contribution in [-0.4, -0.2) is 29.9 Å². The molecular weight excluding hydrogens is 256 g/mol. The molecule has 0 bridgehead atoms. The smallest absolute Gasteiger partial charge is 0.319 e. The van der Waals surface area contributed by atoms with Gasteiger partial charge in [-0.15, -0.1) is 0 Å². The van der Waals surface area contributed by atoms with Crippen LogP contribution in [0.1, 0.15) is 33.6 Å². The Morgan fingerprint density at radius 1 is 1.40 bits per heavy atom. The first-order chi connectivity index (χ1) is 9.53. The summed E-state index contributed by atoms with van der Waals surface area (Å²) in [6.07, 6.45) is 1.60. The zero-order valence-corrected chi connectivity index (χ0v) is 12.4. The molecule has 5 heteroatoms. The molecule has 20 heavy (non-hydrogen) atoms. The molecule has 0 aromatic heterocycles. The van der Waals surface area contributed by atoms with Crippen molar-refractivity contribution in [2.24, 2.45) is 0 Å². The lowest BCUT2D eigenvalue weighted by Crippen LogP contribution is -2.50. The Balaban J connectivity index is 2.63. The summed E-state index contributed by atoms with van der Waals surface area (Å²) in [6, 6.07) is 6.88. The van der Waals surface area contributed by atoms with Gasteiger partial charge in [-0.3, -0.25) is 0 Å². The number of nitrogens with one attached hydrogen (secondary N) is 2. The Hall–Kier alpha value is -1.75. The fraction of sp³-hybridized carbons (Fsp3) is 0.533. The van der Waals surface area contributed by atoms with E-state index in [0.29, 0.717) is 18.0 Å². The quantitative estimate of drug-likeness (QED) is 0.719. The normalized spacial score (nSPS) is 13.4. The Morgan fingerprint density at radius 3 is 2.75 bits per heavy atom. The maximum absolute atomic E-state index is 12.0. The van der Waals surface area contributed by atoms with E-state index >= 15 is 0 Å². The molecule has 1 aromatic rings. The largest absolute Gasteiger partial charge is 0.494 e. The van der Waals surface area contributed by atoms with E-state index in [1.54, 1.807) is 12.1 Å². The van der Waals surface area contributed by atoms with Gasteiger partial charge in [0.05, 0.1) is 18.8 Å². The van der Waals surface area contributed by atoms with Crippen LogP contribution in [0.25, 0.3) is 0 Å². The van der Waals surface area contributed by atoms with E-state index in [0.717, 1.165) is 12.8 Å². The molecule has 3 N–H and O–H groups in total. The van der Waals surface area contributed by atoms with Crippen LogP contribution >= 0.6 is 0 Å². The number of carbonyl (C=O) groups is 1. The SMILES string of the molecule is CCCC(C)(CO)NC(=O)Nc1cccc(OCC)c1. The average Bonchev–Trinajstić information content (AvgIpc) is 2.39. The lowest BCUT2D eigenvalue weighted by molar-refractivity contribution is 0.167. The van der Waals surface area contributed by atoms with Crippen LogP contribution in [0.2, 0.25) is 0 Å². The van der Waals surface area contributed by atoms with E-state index in [1.807, 2.05) is 32.9 Å². The fourth-order valence-electron chi connectivity index (χ4n) is 2.00. The second kappa shape index (κ2) is 7.75. The number of ether oxygens (including phenoxy) is 1. The van der Waals surface area contributed by atoms with Gasteiger partial charge in [0.15, 0.2) is 0 Å². The molecule has 0 saturated heterocycles. The molecule has 0 spiro atoms. The number of hydrogen-bond donors (Lipinski definition) is 3. The first-order valence-electron chi connectivity index (χ1n) is 6.96. The van der Waals surface area contributed by atoms with E-state index in [9.17, 15) is 9.90 Å². The predicted octanol–water partition coefficient (Wildman–Crippen LogP) is 2.76. The van der Waals surface area contributed by atoms with Crippen LogP contribution in [0.4, 0.5) is 10.5 Å². The maximum Gasteiger partial charge on any atom is 0.319 e. The number of carbonyl (C=O) groups excluding carboxylic acids is 1. The minimum atomic E-state index is -0.601. The van der Waals surface area contributed by atoms with E-state index in [2.05, 4.69) is 10.6 Å². The van der Waals surface area contributed by atoms with Crippen molar-refractivity contribution in [1.29, 1.82) is 0 Å². The molecular formula is C15H24N2O3. The van der Waals surface area contributed by atoms with E-state index in [-0.39, 0.29) is 12.6 Å². The van der Waals surface area contributed by atoms with Crippen molar-refractivity contribution in [3.8, 4) is 5.75 Å². The van der Waals surface area contributed by atoms with Gasteiger partial charge in [0, 0.05) is 11.8 Å². The van der Waals surface area contributed by atoms with Crippen LogP contribution in [0.5, 0.6) is 5.75 Å². The molecule has 0 saturated carbocycles. The standard InChI is InChI=1S/C15H24N2O3/c1-4-9-15(3,11-18)17-14(19)16-12-7-6-8-13(10-12)20-5-2/h6-8,10,18H,4-5,9,11H2,1-3H3,(H2,16,17,19). The average molecular weight is 280 g/mol. The Kier molecular flexibility index (Phi) is 6.31. The number of anilines is 1. The lowest BCUT2D eigenvalue weighted by Gasteiger charge is -2.28. The van der Waals surface area contributed by atoms with Gasteiger partial charge in [0.2, 0.25) is 0 Å². The molecule has 1 aromatic carbocycles. The van der Waals surface area contributed by atoms with E-state index in [1.165, 1.54) is 0 Å². The summed E-state index contributed by atoms with van der Waals surface area (Å²) in [5, 5.41) is 14.9. The van der Waals surface area contributed by atoms with Gasteiger partial charge in [-0.1, -0.05) is 19.4 Å². The number of amides is 2. The lowest BCUT2D eigenvalue weighted by atomic mass is 9.98. The summed E-state index contributed by atoms with van der Waals surface area (Å²) in [7, 11) is 0. The molecule has 112 valence electrons. The van der Waals surface area contributed by atoms with Crippen molar-refractivity contribution < 1.29 is 14.6 Å². The van der Waals surface area contributed by atoms with Crippen molar-refractivity contribution in [2.75, 3.05) is 18.5 Å². The number of rotatable bonds is 7. The molecule has 1 rings (SSSR count). The highest BCUT2D eigenvalue weighted by molar-refractivity contribution is 5.89. The van der Waals surface area contributed by atoms with E-state index < -0.39 is 5.54 Å². The summed E-state index contributed by atoms with van der Waals surface area (Å²) in [5.41, 5.74) is 0.0568. The highest BCUT2D eigenvalue weighted by Crippen LogP contribution is 2.18.